The first-order chi connectivity index (χ1) is 17.8. The fourth-order valence-electron chi connectivity index (χ4n) is 4.33. The lowest BCUT2D eigenvalue weighted by Gasteiger charge is -2.26. The van der Waals surface area contributed by atoms with Crippen LogP contribution in [-0.2, 0) is 13.2 Å². The van der Waals surface area contributed by atoms with Gasteiger partial charge in [0.15, 0.2) is 23.9 Å². The van der Waals surface area contributed by atoms with E-state index in [4.69, 9.17) is 9.84 Å². The van der Waals surface area contributed by atoms with E-state index in [2.05, 4.69) is 30.5 Å². The van der Waals surface area contributed by atoms with Crippen LogP contribution in [0.3, 0.4) is 0 Å². The van der Waals surface area contributed by atoms with Gasteiger partial charge >= 0.3 is 0 Å². The van der Waals surface area contributed by atoms with Gasteiger partial charge in [0.05, 0.1) is 6.54 Å². The lowest BCUT2D eigenvalue weighted by Crippen LogP contribution is -2.44. The molecule has 1 N–H and O–H groups in total. The number of nitrogens with zero attached hydrogens (tertiary/aromatic N) is 8. The molecule has 0 radical (unpaired) electrons. The number of ether oxygens (including phenoxy) is 1. The fraction of sp³-hybridized carbons (Fsp3) is 0.269. The van der Waals surface area contributed by atoms with E-state index in [0.717, 1.165) is 56.0 Å². The molecule has 182 valence electrons. The summed E-state index contributed by atoms with van der Waals surface area (Å²) in [6.07, 6.45) is 1.77. The number of hydrogen-bond donors (Lipinski definition) is 1. The number of nitrogens with one attached hydrogen (secondary N) is 1. The summed E-state index contributed by atoms with van der Waals surface area (Å²) < 4.78 is 9.81. The van der Waals surface area contributed by atoms with Crippen LogP contribution in [-0.4, -0.2) is 72.2 Å². The van der Waals surface area contributed by atoms with E-state index in [1.54, 1.807) is 10.8 Å². The Hall–Kier alpha value is -4.15. The highest BCUT2D eigenvalue weighted by atomic mass is 16.5. The molecule has 1 saturated heterocycles. The molecular weight excluding hydrogens is 454 g/mol. The molecule has 2 aromatic carbocycles. The third-order valence-corrected chi connectivity index (χ3v) is 6.25. The average molecular weight is 482 g/mol. The summed E-state index contributed by atoms with van der Waals surface area (Å²) in [5, 5.41) is 21.5. The van der Waals surface area contributed by atoms with Gasteiger partial charge in [0.1, 0.15) is 6.33 Å². The van der Waals surface area contributed by atoms with Crippen LogP contribution in [0.4, 0.5) is 0 Å². The molecule has 0 spiro atoms. The van der Waals surface area contributed by atoms with Gasteiger partial charge in [-0.25, -0.2) is 4.98 Å². The first-order valence-corrected chi connectivity index (χ1v) is 12.1. The van der Waals surface area contributed by atoms with Crippen molar-refractivity contribution in [3.05, 3.63) is 78.9 Å². The van der Waals surface area contributed by atoms with Crippen molar-refractivity contribution in [3.63, 3.8) is 0 Å². The van der Waals surface area contributed by atoms with Gasteiger partial charge in [-0.2, -0.15) is 9.61 Å². The summed E-state index contributed by atoms with van der Waals surface area (Å²) in [4.78, 5) is 6.89. The Bertz CT molecular complexity index is 1430. The predicted molar refractivity (Wildman–Crippen MR) is 135 cm³/mol. The van der Waals surface area contributed by atoms with Crippen LogP contribution in [0.2, 0.25) is 0 Å². The summed E-state index contributed by atoms with van der Waals surface area (Å²) in [6, 6.07) is 21.9. The van der Waals surface area contributed by atoms with E-state index in [-0.39, 0.29) is 6.61 Å². The van der Waals surface area contributed by atoms with Crippen molar-refractivity contribution in [3.8, 4) is 28.4 Å². The number of aromatic nitrogens is 7. The normalized spacial score (nSPS) is 14.3. The maximum Gasteiger partial charge on any atom is 0.240 e. The third kappa shape index (κ3) is 4.81. The van der Waals surface area contributed by atoms with E-state index in [9.17, 15) is 0 Å². The van der Waals surface area contributed by atoms with Crippen molar-refractivity contribution < 1.29 is 4.74 Å². The molecule has 0 bridgehead atoms. The van der Waals surface area contributed by atoms with Gasteiger partial charge in [-0.1, -0.05) is 60.7 Å². The zero-order valence-corrected chi connectivity index (χ0v) is 19.9. The molecular formula is C26H27N9O. The quantitative estimate of drug-likeness (QED) is 0.361. The summed E-state index contributed by atoms with van der Waals surface area (Å²) in [5.41, 5.74) is 3.41. The van der Waals surface area contributed by atoms with Crippen LogP contribution in [0.1, 0.15) is 5.82 Å². The minimum absolute atomic E-state index is 0.210. The van der Waals surface area contributed by atoms with Crippen LogP contribution in [0.5, 0.6) is 5.88 Å². The van der Waals surface area contributed by atoms with Crippen molar-refractivity contribution in [2.24, 2.45) is 0 Å². The lowest BCUT2D eigenvalue weighted by atomic mass is 10.1. The summed E-state index contributed by atoms with van der Waals surface area (Å²) in [6.45, 7) is 6.17. The molecule has 1 fully saturated rings. The molecule has 5 aromatic rings. The van der Waals surface area contributed by atoms with Crippen molar-refractivity contribution in [2.45, 2.75) is 13.2 Å². The van der Waals surface area contributed by atoms with Crippen molar-refractivity contribution >= 4 is 5.65 Å². The minimum atomic E-state index is 0.210. The zero-order chi connectivity index (χ0) is 24.2. The van der Waals surface area contributed by atoms with Gasteiger partial charge in [0, 0.05) is 43.9 Å². The second-order valence-corrected chi connectivity index (χ2v) is 8.69. The Morgan fingerprint density at radius 1 is 0.833 bits per heavy atom. The van der Waals surface area contributed by atoms with Crippen molar-refractivity contribution in [2.75, 3.05) is 32.7 Å². The molecule has 0 unspecified atom stereocenters. The highest BCUT2D eigenvalue weighted by molar-refractivity contribution is 5.72. The van der Waals surface area contributed by atoms with Crippen LogP contribution < -0.4 is 10.1 Å². The molecule has 10 nitrogen and oxygen atoms in total. The largest absolute Gasteiger partial charge is 0.468 e. The van der Waals surface area contributed by atoms with Crippen LogP contribution >= 0.6 is 0 Å². The van der Waals surface area contributed by atoms with Crippen molar-refractivity contribution in [1.82, 2.24) is 44.8 Å². The highest BCUT2D eigenvalue weighted by Crippen LogP contribution is 2.30. The molecule has 0 saturated carbocycles. The molecule has 1 aliphatic rings. The monoisotopic (exact) mass is 481 g/mol. The Kier molecular flexibility index (Phi) is 6.34. The van der Waals surface area contributed by atoms with Gasteiger partial charge in [-0.15, -0.1) is 15.3 Å². The Morgan fingerprint density at radius 3 is 2.36 bits per heavy atom. The van der Waals surface area contributed by atoms with Crippen LogP contribution in [0.15, 0.2) is 73.1 Å². The predicted octanol–water partition coefficient (Wildman–Crippen LogP) is 2.53. The molecule has 3 aromatic heterocycles. The van der Waals surface area contributed by atoms with Crippen LogP contribution in [0.25, 0.3) is 28.2 Å². The number of hydrogen-bond acceptors (Lipinski definition) is 8. The minimum Gasteiger partial charge on any atom is -0.468 e. The zero-order valence-electron chi connectivity index (χ0n) is 19.9. The van der Waals surface area contributed by atoms with Crippen molar-refractivity contribution in [1.29, 1.82) is 0 Å². The lowest BCUT2D eigenvalue weighted by molar-refractivity contribution is 0.228. The molecule has 0 aliphatic carbocycles. The van der Waals surface area contributed by atoms with E-state index in [1.165, 1.54) is 0 Å². The molecule has 36 heavy (non-hydrogen) atoms. The SMILES string of the molecule is c1ccc(-c2cc3nnc(-c4ccccc4)n3nc2OCc2ncn(CCN3CCNCC3)n2)cc1. The standard InChI is InChI=1S/C26H27N9O/c1-3-7-20(8-4-1)22-17-24-29-30-25(21-9-5-2-6-10-21)35(24)32-26(22)36-18-23-28-19-34(31-23)16-15-33-13-11-27-12-14-33/h1-10,17,19,27H,11-16,18H2. The summed E-state index contributed by atoms with van der Waals surface area (Å²) in [5.74, 6) is 1.75. The number of benzene rings is 2. The van der Waals surface area contributed by atoms with Gasteiger partial charge in [-0.05, 0) is 11.6 Å². The first kappa shape index (κ1) is 22.3. The van der Waals surface area contributed by atoms with E-state index in [1.807, 2.05) is 71.4 Å². The maximum absolute atomic E-state index is 6.21. The second-order valence-electron chi connectivity index (χ2n) is 8.69. The van der Waals surface area contributed by atoms with Gasteiger partial charge < -0.3 is 10.1 Å². The van der Waals surface area contributed by atoms with E-state index in [0.29, 0.717) is 23.2 Å². The Labute approximate surface area is 208 Å². The number of piperazine rings is 1. The Balaban J connectivity index is 1.25. The topological polar surface area (TPSA) is 98.3 Å². The van der Waals surface area contributed by atoms with E-state index < -0.39 is 0 Å². The van der Waals surface area contributed by atoms with Gasteiger partial charge in [0.2, 0.25) is 5.88 Å². The molecule has 4 heterocycles. The van der Waals surface area contributed by atoms with Gasteiger partial charge in [0.25, 0.3) is 0 Å². The molecule has 10 heteroatoms. The Morgan fingerprint density at radius 2 is 1.58 bits per heavy atom. The smallest absolute Gasteiger partial charge is 0.240 e. The van der Waals surface area contributed by atoms with E-state index >= 15 is 0 Å². The average Bonchev–Trinajstić information content (AvgIpc) is 3.58. The molecule has 6 rings (SSSR count). The first-order valence-electron chi connectivity index (χ1n) is 12.1. The molecule has 1 aliphatic heterocycles. The fourth-order valence-corrected chi connectivity index (χ4v) is 4.33. The summed E-state index contributed by atoms with van der Waals surface area (Å²) >= 11 is 0. The number of fused-ring (bicyclic) bond motifs is 1. The number of rotatable bonds is 8. The molecule has 0 amide bonds. The third-order valence-electron chi connectivity index (χ3n) is 6.25. The highest BCUT2D eigenvalue weighted by Gasteiger charge is 2.17. The van der Waals surface area contributed by atoms with Gasteiger partial charge in [-0.3, -0.25) is 9.58 Å². The molecule has 0 atom stereocenters. The second kappa shape index (κ2) is 10.2. The maximum atomic E-state index is 6.21. The van der Waals surface area contributed by atoms with Crippen LogP contribution in [0, 0.1) is 0 Å². The summed E-state index contributed by atoms with van der Waals surface area (Å²) in [7, 11) is 0.